The van der Waals surface area contributed by atoms with E-state index in [0.717, 1.165) is 0 Å². The zero-order valence-corrected chi connectivity index (χ0v) is 6.30. The SMILES string of the molecule is CC(C)c1nnc(F)n1C. The standard InChI is InChI=1S/C6H10FN3/c1-4(2)5-8-9-6(7)10(5)3/h4H,1-3H3. The highest BCUT2D eigenvalue weighted by Gasteiger charge is 2.09. The molecule has 1 heterocycles. The number of hydrogen-bond acceptors (Lipinski definition) is 2. The molecule has 3 nitrogen and oxygen atoms in total. The van der Waals surface area contributed by atoms with Crippen LogP contribution in [-0.4, -0.2) is 14.8 Å². The largest absolute Gasteiger partial charge is 0.309 e. The van der Waals surface area contributed by atoms with E-state index in [-0.39, 0.29) is 5.92 Å². The predicted molar refractivity (Wildman–Crippen MR) is 35.0 cm³/mol. The minimum Gasteiger partial charge on any atom is -0.290 e. The molecule has 0 N–H and O–H groups in total. The normalized spacial score (nSPS) is 10.9. The Kier molecular flexibility index (Phi) is 1.70. The lowest BCUT2D eigenvalue weighted by molar-refractivity contribution is 0.488. The number of rotatable bonds is 1. The summed E-state index contributed by atoms with van der Waals surface area (Å²) in [6.07, 6.45) is -0.524. The van der Waals surface area contributed by atoms with Crippen molar-refractivity contribution in [1.82, 2.24) is 14.8 Å². The minimum atomic E-state index is -0.524. The first-order valence-electron chi connectivity index (χ1n) is 3.17. The van der Waals surface area contributed by atoms with Gasteiger partial charge in [0.25, 0.3) is 0 Å². The maximum Gasteiger partial charge on any atom is 0.309 e. The highest BCUT2D eigenvalue weighted by atomic mass is 19.1. The Morgan fingerprint density at radius 1 is 1.40 bits per heavy atom. The number of halogens is 1. The van der Waals surface area contributed by atoms with Gasteiger partial charge in [-0.3, -0.25) is 4.57 Å². The maximum absolute atomic E-state index is 12.5. The topological polar surface area (TPSA) is 30.7 Å². The molecule has 0 aliphatic heterocycles. The van der Waals surface area contributed by atoms with Crippen LogP contribution in [0.5, 0.6) is 0 Å². The van der Waals surface area contributed by atoms with Gasteiger partial charge >= 0.3 is 6.08 Å². The second-order valence-corrected chi connectivity index (χ2v) is 2.54. The second-order valence-electron chi connectivity index (χ2n) is 2.54. The molecule has 56 valence electrons. The molecular formula is C6H10FN3. The van der Waals surface area contributed by atoms with Crippen LogP contribution in [0.1, 0.15) is 25.6 Å². The molecule has 0 saturated heterocycles. The Morgan fingerprint density at radius 2 is 2.00 bits per heavy atom. The van der Waals surface area contributed by atoms with E-state index in [1.807, 2.05) is 13.8 Å². The summed E-state index contributed by atoms with van der Waals surface area (Å²) in [7, 11) is 1.62. The lowest BCUT2D eigenvalue weighted by Crippen LogP contribution is -2.01. The van der Waals surface area contributed by atoms with Crippen LogP contribution in [-0.2, 0) is 7.05 Å². The first kappa shape index (κ1) is 7.18. The number of nitrogens with zero attached hydrogens (tertiary/aromatic N) is 3. The summed E-state index contributed by atoms with van der Waals surface area (Å²) >= 11 is 0. The summed E-state index contributed by atoms with van der Waals surface area (Å²) in [5.41, 5.74) is 0. The fourth-order valence-electron chi connectivity index (χ4n) is 0.824. The van der Waals surface area contributed by atoms with Crippen LogP contribution in [0.2, 0.25) is 0 Å². The van der Waals surface area contributed by atoms with Gasteiger partial charge in [-0.05, 0) is 0 Å². The Hall–Kier alpha value is -0.930. The third kappa shape index (κ3) is 1.01. The Bertz CT molecular complexity index is 229. The lowest BCUT2D eigenvalue weighted by Gasteiger charge is -2.01. The Labute approximate surface area is 58.9 Å². The van der Waals surface area contributed by atoms with Crippen LogP contribution in [0, 0.1) is 6.08 Å². The van der Waals surface area contributed by atoms with Crippen LogP contribution < -0.4 is 0 Å². The van der Waals surface area contributed by atoms with Gasteiger partial charge in [0.15, 0.2) is 0 Å². The molecule has 0 bridgehead atoms. The molecule has 0 amide bonds. The van der Waals surface area contributed by atoms with Crippen LogP contribution in [0.4, 0.5) is 4.39 Å². The average molecular weight is 143 g/mol. The maximum atomic E-state index is 12.5. The number of aromatic nitrogens is 3. The van der Waals surface area contributed by atoms with Crippen molar-refractivity contribution in [2.24, 2.45) is 7.05 Å². The molecule has 0 aliphatic carbocycles. The first-order chi connectivity index (χ1) is 4.63. The minimum absolute atomic E-state index is 0.224. The van der Waals surface area contributed by atoms with Gasteiger partial charge in [-0.15, -0.1) is 5.10 Å². The molecule has 4 heteroatoms. The lowest BCUT2D eigenvalue weighted by atomic mass is 10.2. The molecule has 1 aromatic heterocycles. The van der Waals surface area contributed by atoms with E-state index in [1.54, 1.807) is 7.05 Å². The summed E-state index contributed by atoms with van der Waals surface area (Å²) < 4.78 is 13.8. The average Bonchev–Trinajstić information content (AvgIpc) is 2.14. The van der Waals surface area contributed by atoms with Gasteiger partial charge < -0.3 is 0 Å². The van der Waals surface area contributed by atoms with Crippen molar-refractivity contribution in [3.63, 3.8) is 0 Å². The summed E-state index contributed by atoms with van der Waals surface area (Å²) in [5.74, 6) is 0.902. The second kappa shape index (κ2) is 2.36. The smallest absolute Gasteiger partial charge is 0.290 e. The van der Waals surface area contributed by atoms with Gasteiger partial charge in [0.05, 0.1) is 0 Å². The van der Waals surface area contributed by atoms with Gasteiger partial charge in [-0.2, -0.15) is 4.39 Å². The first-order valence-corrected chi connectivity index (χ1v) is 3.17. The van der Waals surface area contributed by atoms with Crippen molar-refractivity contribution in [2.75, 3.05) is 0 Å². The zero-order chi connectivity index (χ0) is 7.72. The third-order valence-electron chi connectivity index (χ3n) is 1.37. The molecule has 1 rings (SSSR count). The van der Waals surface area contributed by atoms with Crippen molar-refractivity contribution in [2.45, 2.75) is 19.8 Å². The summed E-state index contributed by atoms with van der Waals surface area (Å²) in [4.78, 5) is 0. The van der Waals surface area contributed by atoms with Crippen molar-refractivity contribution in [3.05, 3.63) is 11.9 Å². The van der Waals surface area contributed by atoms with E-state index in [0.29, 0.717) is 5.82 Å². The van der Waals surface area contributed by atoms with Gasteiger partial charge in [-0.1, -0.05) is 18.9 Å². The van der Waals surface area contributed by atoms with E-state index in [9.17, 15) is 4.39 Å². The summed E-state index contributed by atoms with van der Waals surface area (Å²) in [6, 6.07) is 0. The molecule has 0 aromatic carbocycles. The van der Waals surface area contributed by atoms with Crippen molar-refractivity contribution in [3.8, 4) is 0 Å². The van der Waals surface area contributed by atoms with Crippen molar-refractivity contribution in [1.29, 1.82) is 0 Å². The fourth-order valence-corrected chi connectivity index (χ4v) is 0.824. The van der Waals surface area contributed by atoms with Crippen molar-refractivity contribution < 1.29 is 4.39 Å². The Balaban J connectivity index is 3.05. The van der Waals surface area contributed by atoms with Gasteiger partial charge in [-0.25, -0.2) is 0 Å². The zero-order valence-electron chi connectivity index (χ0n) is 6.30. The van der Waals surface area contributed by atoms with Crippen molar-refractivity contribution >= 4 is 0 Å². The fraction of sp³-hybridized carbons (Fsp3) is 0.667. The van der Waals surface area contributed by atoms with Crippen LogP contribution in [0.25, 0.3) is 0 Å². The summed E-state index contributed by atoms with van der Waals surface area (Å²) in [5, 5.41) is 6.94. The molecule has 0 atom stereocenters. The van der Waals surface area contributed by atoms with E-state index in [4.69, 9.17) is 0 Å². The predicted octanol–water partition coefficient (Wildman–Crippen LogP) is 1.08. The molecule has 0 aliphatic rings. The molecule has 0 spiro atoms. The molecule has 0 saturated carbocycles. The monoisotopic (exact) mass is 143 g/mol. The third-order valence-corrected chi connectivity index (χ3v) is 1.37. The van der Waals surface area contributed by atoms with E-state index >= 15 is 0 Å². The van der Waals surface area contributed by atoms with Gasteiger partial charge in [0, 0.05) is 13.0 Å². The molecule has 0 fully saturated rings. The van der Waals surface area contributed by atoms with E-state index in [1.165, 1.54) is 4.57 Å². The van der Waals surface area contributed by atoms with E-state index in [2.05, 4.69) is 10.2 Å². The van der Waals surface area contributed by atoms with E-state index < -0.39 is 6.08 Å². The van der Waals surface area contributed by atoms with Crippen LogP contribution >= 0.6 is 0 Å². The van der Waals surface area contributed by atoms with Crippen LogP contribution in [0.15, 0.2) is 0 Å². The molecule has 1 aromatic rings. The Morgan fingerprint density at radius 3 is 2.20 bits per heavy atom. The quantitative estimate of drug-likeness (QED) is 0.589. The number of hydrogen-bond donors (Lipinski definition) is 0. The van der Waals surface area contributed by atoms with Crippen LogP contribution in [0.3, 0.4) is 0 Å². The van der Waals surface area contributed by atoms with Gasteiger partial charge in [0.2, 0.25) is 0 Å². The summed E-state index contributed by atoms with van der Waals surface area (Å²) in [6.45, 7) is 3.90. The highest BCUT2D eigenvalue weighted by Crippen LogP contribution is 2.09. The van der Waals surface area contributed by atoms with Gasteiger partial charge in [0.1, 0.15) is 5.82 Å². The highest BCUT2D eigenvalue weighted by molar-refractivity contribution is 4.91. The molecule has 0 unspecified atom stereocenters. The molecular weight excluding hydrogens is 133 g/mol. The molecule has 0 radical (unpaired) electrons. The molecule has 10 heavy (non-hydrogen) atoms.